The summed E-state index contributed by atoms with van der Waals surface area (Å²) in [5.74, 6) is -0.511. The first-order valence-corrected chi connectivity index (χ1v) is 19.6. The van der Waals surface area contributed by atoms with E-state index < -0.39 is 30.7 Å². The van der Waals surface area contributed by atoms with Crippen molar-refractivity contribution in [1.29, 1.82) is 0 Å². The average molecular weight is 829 g/mol. The van der Waals surface area contributed by atoms with Gasteiger partial charge in [0.05, 0.1) is 31.6 Å². The van der Waals surface area contributed by atoms with Crippen LogP contribution in [0.4, 0.5) is 14.5 Å². The van der Waals surface area contributed by atoms with E-state index in [0.29, 0.717) is 46.2 Å². The van der Waals surface area contributed by atoms with E-state index in [1.807, 2.05) is 30.3 Å². The van der Waals surface area contributed by atoms with Crippen LogP contribution in [-0.2, 0) is 20.7 Å². The molecule has 2 aliphatic rings. The van der Waals surface area contributed by atoms with Gasteiger partial charge in [0.25, 0.3) is 0 Å². The molecule has 4 aromatic rings. The number of carbonyl (C=O) groups excluding carboxylic acids is 2. The van der Waals surface area contributed by atoms with Crippen LogP contribution in [0.3, 0.4) is 0 Å². The van der Waals surface area contributed by atoms with E-state index in [9.17, 15) is 23.6 Å². The van der Waals surface area contributed by atoms with Crippen LogP contribution in [0.2, 0.25) is 10.0 Å². The van der Waals surface area contributed by atoms with Crippen molar-refractivity contribution >= 4 is 40.8 Å². The molecule has 304 valence electrons. The number of likely N-dealkylation sites (tertiary alicyclic amines) is 1. The van der Waals surface area contributed by atoms with E-state index in [0.717, 1.165) is 57.7 Å². The fraction of sp³-hybridized carbons (Fsp3) is 0.405. The highest BCUT2D eigenvalue weighted by molar-refractivity contribution is 6.35. The van der Waals surface area contributed by atoms with E-state index in [1.165, 1.54) is 37.4 Å². The Kier molecular flexibility index (Phi) is 14.3. The van der Waals surface area contributed by atoms with Crippen LogP contribution in [0.1, 0.15) is 71.8 Å². The van der Waals surface area contributed by atoms with Crippen LogP contribution in [0, 0.1) is 17.0 Å². The fourth-order valence-electron chi connectivity index (χ4n) is 6.63. The number of nitrogens with one attached hydrogen (secondary N) is 1. The summed E-state index contributed by atoms with van der Waals surface area (Å²) in [4.78, 5) is 29.9. The zero-order valence-electron chi connectivity index (χ0n) is 31.6. The molecular weight excluding hydrogens is 783 g/mol. The van der Waals surface area contributed by atoms with Crippen LogP contribution in [0.25, 0.3) is 0 Å². The Labute approximate surface area is 340 Å². The normalized spacial score (nSPS) is 15.8. The minimum absolute atomic E-state index is 0.0341. The molecule has 1 saturated carbocycles. The molecule has 1 N–H and O–H groups in total. The highest BCUT2D eigenvalue weighted by Crippen LogP contribution is 2.39. The number of halogens is 4. The lowest BCUT2D eigenvalue weighted by Gasteiger charge is -2.31. The molecule has 6 rings (SSSR count). The molecule has 1 saturated heterocycles. The topological polar surface area (TPSA) is 123 Å². The molecular formula is C42H45Cl2F2N3O8. The molecule has 0 amide bonds. The van der Waals surface area contributed by atoms with Crippen molar-refractivity contribution in [2.24, 2.45) is 11.8 Å². The van der Waals surface area contributed by atoms with E-state index >= 15 is 0 Å². The summed E-state index contributed by atoms with van der Waals surface area (Å²) in [6, 6.07) is 17.2. The van der Waals surface area contributed by atoms with E-state index in [2.05, 4.69) is 17.1 Å². The number of ether oxygens (including phenoxy) is 5. The predicted molar refractivity (Wildman–Crippen MR) is 210 cm³/mol. The number of anilines is 1. The van der Waals surface area contributed by atoms with E-state index in [-0.39, 0.29) is 45.2 Å². The number of hydrogen-bond donors (Lipinski definition) is 1. The highest BCUT2D eigenvalue weighted by atomic mass is 35.5. The van der Waals surface area contributed by atoms with Crippen molar-refractivity contribution in [2.45, 2.75) is 57.8 Å². The number of benzene rings is 3. The van der Waals surface area contributed by atoms with Crippen LogP contribution in [0.15, 0.2) is 79.1 Å². The summed E-state index contributed by atoms with van der Waals surface area (Å²) in [7, 11) is 1.44. The van der Waals surface area contributed by atoms with Gasteiger partial charge in [-0.25, -0.2) is 9.59 Å². The van der Waals surface area contributed by atoms with Crippen molar-refractivity contribution in [2.75, 3.05) is 45.3 Å². The van der Waals surface area contributed by atoms with Gasteiger partial charge in [0.2, 0.25) is 0 Å². The quantitative estimate of drug-likeness (QED) is 0.0593. The standard InChI is InChI=1S/C42H45Cl2F2N3O8/c1-3-48-17-15-27(16-18-48)25-55-41(51)39(28-7-5-4-6-8-28)47-34-13-11-30(20-37(34)53-2)40(50)56-36(21-31-32(43)22-49(52)23-33(31)44)29-12-14-35(57-42(45)46)38(19-29)54-24-26-9-10-26/h4-8,11-14,19-20,22-23,26-27,36,39,42,47H,3,9-10,15-18,21,24-25H2,1-2H3/t36-,39?/m0/s1. The summed E-state index contributed by atoms with van der Waals surface area (Å²) in [6.45, 7) is 2.60. The third kappa shape index (κ3) is 11.4. The van der Waals surface area contributed by atoms with Crippen molar-refractivity contribution in [3.8, 4) is 17.2 Å². The smallest absolute Gasteiger partial charge is 0.387 e. The van der Waals surface area contributed by atoms with Crippen LogP contribution in [-0.4, -0.2) is 63.4 Å². The number of pyridine rings is 1. The van der Waals surface area contributed by atoms with Gasteiger partial charge in [-0.15, -0.1) is 0 Å². The maximum Gasteiger partial charge on any atom is 0.387 e. The number of carbonyl (C=O) groups is 2. The van der Waals surface area contributed by atoms with Gasteiger partial charge in [0.15, 0.2) is 29.9 Å². The molecule has 1 aliphatic heterocycles. The fourth-order valence-corrected chi connectivity index (χ4v) is 7.23. The first-order chi connectivity index (χ1) is 27.5. The van der Waals surface area contributed by atoms with Gasteiger partial charge in [0.1, 0.15) is 21.9 Å². The lowest BCUT2D eigenvalue weighted by molar-refractivity contribution is -0.605. The molecule has 15 heteroatoms. The molecule has 2 heterocycles. The average Bonchev–Trinajstić information content (AvgIpc) is 4.04. The molecule has 0 spiro atoms. The summed E-state index contributed by atoms with van der Waals surface area (Å²) >= 11 is 12.9. The second-order valence-electron chi connectivity index (χ2n) is 14.1. The SMILES string of the molecule is CCN1CCC(COC(=O)C(Nc2ccc(C(=O)O[C@@H](Cc3c(Cl)c[n+]([O-])cc3Cl)c3ccc(OC(F)F)c(OCC4CC4)c3)cc2OC)c2ccccc2)CC1. The molecule has 57 heavy (non-hydrogen) atoms. The maximum absolute atomic E-state index is 13.9. The third-order valence-corrected chi connectivity index (χ3v) is 10.8. The molecule has 2 fully saturated rings. The van der Waals surface area contributed by atoms with Crippen LogP contribution < -0.4 is 24.3 Å². The Balaban J connectivity index is 1.24. The number of alkyl halides is 2. The third-order valence-electron chi connectivity index (χ3n) is 10.1. The number of aromatic nitrogens is 1. The Bertz CT molecular complexity index is 1970. The van der Waals surface area contributed by atoms with Crippen LogP contribution in [0.5, 0.6) is 17.2 Å². The number of esters is 2. The predicted octanol–water partition coefficient (Wildman–Crippen LogP) is 8.59. The van der Waals surface area contributed by atoms with Crippen molar-refractivity contribution in [1.82, 2.24) is 4.90 Å². The first-order valence-electron chi connectivity index (χ1n) is 18.9. The Morgan fingerprint density at radius 3 is 2.25 bits per heavy atom. The summed E-state index contributed by atoms with van der Waals surface area (Å²) in [5, 5.41) is 15.3. The van der Waals surface area contributed by atoms with E-state index in [4.69, 9.17) is 46.9 Å². The van der Waals surface area contributed by atoms with Gasteiger partial charge in [-0.2, -0.15) is 13.5 Å². The number of rotatable bonds is 18. The van der Waals surface area contributed by atoms with Crippen molar-refractivity contribution < 1.29 is 46.8 Å². The monoisotopic (exact) mass is 827 g/mol. The number of piperidine rings is 1. The van der Waals surface area contributed by atoms with Gasteiger partial charge < -0.3 is 39.1 Å². The molecule has 11 nitrogen and oxygen atoms in total. The second kappa shape index (κ2) is 19.5. The molecule has 2 atom stereocenters. The molecule has 3 aromatic carbocycles. The largest absolute Gasteiger partial charge is 0.619 e. The Morgan fingerprint density at radius 1 is 0.895 bits per heavy atom. The summed E-state index contributed by atoms with van der Waals surface area (Å²) in [6.07, 6.45) is 4.90. The molecule has 1 aromatic heterocycles. The molecule has 1 aliphatic carbocycles. The number of methoxy groups -OCH3 is 1. The van der Waals surface area contributed by atoms with Gasteiger partial charge >= 0.3 is 18.6 Å². The van der Waals surface area contributed by atoms with Gasteiger partial charge in [0, 0.05) is 12.0 Å². The minimum atomic E-state index is -3.09. The summed E-state index contributed by atoms with van der Waals surface area (Å²) in [5.41, 5.74) is 1.90. The summed E-state index contributed by atoms with van der Waals surface area (Å²) < 4.78 is 55.3. The van der Waals surface area contributed by atoms with E-state index in [1.54, 1.807) is 6.07 Å². The first kappa shape index (κ1) is 41.8. The van der Waals surface area contributed by atoms with Crippen LogP contribution >= 0.6 is 23.2 Å². The lowest BCUT2D eigenvalue weighted by atomic mass is 9.98. The highest BCUT2D eigenvalue weighted by Gasteiger charge is 2.29. The van der Waals surface area contributed by atoms with Gasteiger partial charge in [-0.05, 0) is 98.6 Å². The van der Waals surface area contributed by atoms with Gasteiger partial charge in [-0.1, -0.05) is 66.5 Å². The minimum Gasteiger partial charge on any atom is -0.619 e. The molecule has 1 unspecified atom stereocenters. The molecule has 0 bridgehead atoms. The Morgan fingerprint density at radius 2 is 1.60 bits per heavy atom. The van der Waals surface area contributed by atoms with Crippen molar-refractivity contribution in [3.05, 3.63) is 117 Å². The second-order valence-corrected chi connectivity index (χ2v) is 15.0. The number of hydrogen-bond acceptors (Lipinski definition) is 10. The Hall–Kier alpha value is -4.85. The molecule has 0 radical (unpaired) electrons. The zero-order chi connectivity index (χ0) is 40.5. The lowest BCUT2D eigenvalue weighted by Crippen LogP contribution is -2.35. The maximum atomic E-state index is 13.9. The number of nitrogens with zero attached hydrogens (tertiary/aromatic N) is 2. The van der Waals surface area contributed by atoms with Gasteiger partial charge in [-0.3, -0.25) is 0 Å². The van der Waals surface area contributed by atoms with Crippen molar-refractivity contribution in [3.63, 3.8) is 0 Å². The zero-order valence-corrected chi connectivity index (χ0v) is 33.1.